The van der Waals surface area contributed by atoms with E-state index < -0.39 is 25.0 Å². The zero-order valence-corrected chi connectivity index (χ0v) is 24.2. The minimum atomic E-state index is -3.38. The summed E-state index contributed by atoms with van der Waals surface area (Å²) in [5, 5.41) is -0.909. The molecule has 4 unspecified atom stereocenters. The summed E-state index contributed by atoms with van der Waals surface area (Å²) in [6, 6.07) is 9.56. The van der Waals surface area contributed by atoms with Crippen LogP contribution in [0, 0.1) is 0 Å². The van der Waals surface area contributed by atoms with E-state index in [1.165, 1.54) is 0 Å². The molecule has 4 atom stereocenters. The standard InChI is InChI=1S/C29H39N2O7P/c1-33-21-18-24(36-4)26-25(19-21)37-27(20-11-12-22(34-2)23(17-20)35-3)28-29(26,30-13-7-5-8-14-30)39(32,38-28)31-15-9-6-10-16-31/h11-12,17-19,27-28H,5-10,13-16H2,1-4H3. The molecule has 3 saturated heterocycles. The summed E-state index contributed by atoms with van der Waals surface area (Å²) in [5.74, 6) is 3.10. The molecule has 39 heavy (non-hydrogen) atoms. The maximum absolute atomic E-state index is 15.5. The summed E-state index contributed by atoms with van der Waals surface area (Å²) in [4.78, 5) is 2.42. The van der Waals surface area contributed by atoms with E-state index in [-0.39, 0.29) is 0 Å². The van der Waals surface area contributed by atoms with Crippen LogP contribution in [0.15, 0.2) is 30.3 Å². The number of hydrogen-bond donors (Lipinski definition) is 0. The SMILES string of the molecule is COc1cc(OC)c2c(c1)OC(c1ccc(OC)c(OC)c1)C1OP(=O)(N3CCCCC3)C21N1CCCCC1. The van der Waals surface area contributed by atoms with Gasteiger partial charge in [-0.05, 0) is 56.5 Å². The van der Waals surface area contributed by atoms with E-state index in [1.54, 1.807) is 28.4 Å². The van der Waals surface area contributed by atoms with Crippen LogP contribution in [0.4, 0.5) is 0 Å². The normalized spacial score (nSPS) is 30.8. The predicted octanol–water partition coefficient (Wildman–Crippen LogP) is 5.57. The second kappa shape index (κ2) is 10.5. The van der Waals surface area contributed by atoms with Crippen LogP contribution >= 0.6 is 7.52 Å². The van der Waals surface area contributed by atoms with E-state index in [1.807, 2.05) is 30.3 Å². The van der Waals surface area contributed by atoms with Crippen LogP contribution in [0.25, 0.3) is 0 Å². The molecule has 6 rings (SSSR count). The van der Waals surface area contributed by atoms with Gasteiger partial charge in [0.05, 0.1) is 34.0 Å². The van der Waals surface area contributed by atoms with Gasteiger partial charge in [0.2, 0.25) is 0 Å². The highest BCUT2D eigenvalue weighted by Crippen LogP contribution is 2.83. The first-order valence-corrected chi connectivity index (χ1v) is 15.5. The van der Waals surface area contributed by atoms with E-state index >= 15 is 4.57 Å². The Hall–Kier alpha value is -2.45. The van der Waals surface area contributed by atoms with E-state index in [0.717, 1.165) is 75.8 Å². The van der Waals surface area contributed by atoms with Crippen LogP contribution in [-0.2, 0) is 14.4 Å². The first kappa shape index (κ1) is 26.8. The molecule has 2 aromatic carbocycles. The molecule has 212 valence electrons. The maximum atomic E-state index is 15.5. The third kappa shape index (κ3) is 3.96. The minimum Gasteiger partial charge on any atom is -0.496 e. The predicted molar refractivity (Wildman–Crippen MR) is 147 cm³/mol. The van der Waals surface area contributed by atoms with Gasteiger partial charge in [0.15, 0.2) is 22.9 Å². The molecule has 0 saturated carbocycles. The summed E-state index contributed by atoms with van der Waals surface area (Å²) in [5.41, 5.74) is 1.69. The lowest BCUT2D eigenvalue weighted by Crippen LogP contribution is -2.68. The number of rotatable bonds is 7. The Bertz CT molecular complexity index is 1260. The molecule has 4 heterocycles. The lowest BCUT2D eigenvalue weighted by atomic mass is 9.86. The molecule has 0 amide bonds. The zero-order valence-electron chi connectivity index (χ0n) is 23.3. The molecule has 4 aliphatic rings. The molecule has 0 radical (unpaired) electrons. The van der Waals surface area contributed by atoms with Crippen LogP contribution < -0.4 is 23.7 Å². The van der Waals surface area contributed by atoms with Gasteiger partial charge in [0, 0.05) is 25.2 Å². The Labute approximate surface area is 230 Å². The second-order valence-electron chi connectivity index (χ2n) is 10.7. The van der Waals surface area contributed by atoms with Crippen molar-refractivity contribution in [3.8, 4) is 28.7 Å². The number of nitrogens with zero attached hydrogens (tertiary/aromatic N) is 2. The Morgan fingerprint density at radius 3 is 2.10 bits per heavy atom. The minimum absolute atomic E-state index is 0.503. The lowest BCUT2D eigenvalue weighted by Gasteiger charge is -2.65. The van der Waals surface area contributed by atoms with Crippen molar-refractivity contribution in [1.29, 1.82) is 0 Å². The third-order valence-electron chi connectivity index (χ3n) is 8.76. The first-order valence-electron chi connectivity index (χ1n) is 14.0. The van der Waals surface area contributed by atoms with Crippen molar-refractivity contribution in [2.24, 2.45) is 0 Å². The molecular weight excluding hydrogens is 519 g/mol. The molecule has 0 bridgehead atoms. The second-order valence-corrected chi connectivity index (χ2v) is 13.2. The van der Waals surface area contributed by atoms with Crippen molar-refractivity contribution in [1.82, 2.24) is 9.57 Å². The van der Waals surface area contributed by atoms with Crippen LogP contribution in [0.2, 0.25) is 0 Å². The van der Waals surface area contributed by atoms with Crippen LogP contribution in [0.5, 0.6) is 28.7 Å². The summed E-state index contributed by atoms with van der Waals surface area (Å²) < 4.78 is 53.8. The van der Waals surface area contributed by atoms with Crippen LogP contribution in [-0.4, -0.2) is 70.3 Å². The number of methoxy groups -OCH3 is 4. The fourth-order valence-corrected chi connectivity index (χ4v) is 10.4. The van der Waals surface area contributed by atoms with Crippen molar-refractivity contribution in [3.63, 3.8) is 0 Å². The molecule has 0 spiro atoms. The van der Waals surface area contributed by atoms with E-state index in [4.69, 9.17) is 28.2 Å². The lowest BCUT2D eigenvalue weighted by molar-refractivity contribution is -0.123. The number of benzene rings is 2. The van der Waals surface area contributed by atoms with E-state index in [9.17, 15) is 0 Å². The quantitative estimate of drug-likeness (QED) is 0.405. The topological polar surface area (TPSA) is 78.9 Å². The fraction of sp³-hybridized carbons (Fsp3) is 0.586. The van der Waals surface area contributed by atoms with Gasteiger partial charge in [0.1, 0.15) is 23.4 Å². The molecule has 0 aliphatic carbocycles. The average molecular weight is 559 g/mol. The van der Waals surface area contributed by atoms with Gasteiger partial charge in [-0.1, -0.05) is 18.9 Å². The Kier molecular flexibility index (Phi) is 7.21. The number of likely N-dealkylation sites (tertiary alicyclic amines) is 1. The van der Waals surface area contributed by atoms with Crippen molar-refractivity contribution < 1.29 is 32.8 Å². The van der Waals surface area contributed by atoms with Crippen LogP contribution in [0.1, 0.15) is 55.8 Å². The van der Waals surface area contributed by atoms with Gasteiger partial charge < -0.3 is 28.2 Å². The third-order valence-corrected chi connectivity index (χ3v) is 12.0. The number of hydrogen-bond acceptors (Lipinski definition) is 8. The van der Waals surface area contributed by atoms with Gasteiger partial charge in [-0.15, -0.1) is 0 Å². The number of fused-ring (bicyclic) bond motifs is 3. The van der Waals surface area contributed by atoms with Crippen molar-refractivity contribution in [2.75, 3.05) is 54.6 Å². The molecule has 3 fully saturated rings. The molecule has 2 aromatic rings. The number of piperidine rings is 2. The highest BCUT2D eigenvalue weighted by atomic mass is 31.2. The monoisotopic (exact) mass is 558 g/mol. The molecule has 0 N–H and O–H groups in total. The highest BCUT2D eigenvalue weighted by molar-refractivity contribution is 7.59. The maximum Gasteiger partial charge on any atom is 0.300 e. The van der Waals surface area contributed by atoms with Crippen molar-refractivity contribution in [3.05, 3.63) is 41.5 Å². The Morgan fingerprint density at radius 1 is 0.795 bits per heavy atom. The molecule has 10 heteroatoms. The zero-order chi connectivity index (χ0) is 27.2. The highest BCUT2D eigenvalue weighted by Gasteiger charge is 2.77. The largest absolute Gasteiger partial charge is 0.496 e. The van der Waals surface area contributed by atoms with Crippen molar-refractivity contribution in [2.45, 2.75) is 56.0 Å². The van der Waals surface area contributed by atoms with Crippen LogP contribution in [0.3, 0.4) is 0 Å². The van der Waals surface area contributed by atoms with Gasteiger partial charge in [-0.2, -0.15) is 0 Å². The first-order chi connectivity index (χ1) is 19.0. The van der Waals surface area contributed by atoms with Crippen molar-refractivity contribution >= 4 is 7.52 Å². The van der Waals surface area contributed by atoms with Gasteiger partial charge in [-0.25, -0.2) is 4.67 Å². The number of ether oxygens (including phenoxy) is 5. The fourth-order valence-electron chi connectivity index (χ4n) is 6.92. The molecular formula is C29H39N2O7P. The van der Waals surface area contributed by atoms with Gasteiger partial charge in [-0.3, -0.25) is 9.46 Å². The van der Waals surface area contributed by atoms with E-state index in [2.05, 4.69) is 9.57 Å². The molecule has 0 aromatic heterocycles. The Morgan fingerprint density at radius 2 is 1.46 bits per heavy atom. The summed E-state index contributed by atoms with van der Waals surface area (Å²) in [7, 11) is 3.14. The summed E-state index contributed by atoms with van der Waals surface area (Å²) in [6.07, 6.45) is 5.39. The van der Waals surface area contributed by atoms with Gasteiger partial charge >= 0.3 is 0 Å². The smallest absolute Gasteiger partial charge is 0.300 e. The Balaban J connectivity index is 1.59. The average Bonchev–Trinajstić information content (AvgIpc) is 2.99. The van der Waals surface area contributed by atoms with Gasteiger partial charge in [0.25, 0.3) is 7.52 Å². The summed E-state index contributed by atoms with van der Waals surface area (Å²) in [6.45, 7) is 3.19. The van der Waals surface area contributed by atoms with E-state index in [0.29, 0.717) is 28.7 Å². The molecule has 4 aliphatic heterocycles. The molecule has 9 nitrogen and oxygen atoms in total. The summed E-state index contributed by atoms with van der Waals surface area (Å²) >= 11 is 0.